The van der Waals surface area contributed by atoms with E-state index in [9.17, 15) is 24.0 Å². The van der Waals surface area contributed by atoms with Crippen molar-refractivity contribution in [1.82, 2.24) is 10.4 Å². The molecule has 188 valence electrons. The largest absolute Gasteiger partial charge is 0.537 e. The number of hydrogen-bond donors (Lipinski definition) is 1. The Morgan fingerprint density at radius 2 is 1.68 bits per heavy atom. The van der Waals surface area contributed by atoms with Crippen LogP contribution in [0.15, 0.2) is 10.2 Å². The predicted octanol–water partition coefficient (Wildman–Crippen LogP) is 2.61. The van der Waals surface area contributed by atoms with E-state index in [4.69, 9.17) is 9.47 Å². The highest BCUT2D eigenvalue weighted by atomic mass is 16.9. The molecule has 2 fully saturated rings. The zero-order valence-corrected chi connectivity index (χ0v) is 19.8. The summed E-state index contributed by atoms with van der Waals surface area (Å²) >= 11 is 0. The van der Waals surface area contributed by atoms with Crippen LogP contribution in [-0.4, -0.2) is 53.4 Å². The maximum absolute atomic E-state index is 12.6. The van der Waals surface area contributed by atoms with Gasteiger partial charge in [0.2, 0.25) is 5.91 Å². The van der Waals surface area contributed by atoms with Crippen molar-refractivity contribution < 1.29 is 38.3 Å². The van der Waals surface area contributed by atoms with E-state index in [1.165, 1.54) is 0 Å². The average Bonchev–Trinajstić information content (AvgIpc) is 3.47. The molecule has 0 spiro atoms. The summed E-state index contributed by atoms with van der Waals surface area (Å²) in [6.45, 7) is 5.84. The molecule has 0 aromatic heterocycles. The second-order valence-electron chi connectivity index (χ2n) is 9.53. The Morgan fingerprint density at radius 3 is 2.24 bits per heavy atom. The van der Waals surface area contributed by atoms with Gasteiger partial charge < -0.3 is 14.8 Å². The van der Waals surface area contributed by atoms with Crippen LogP contribution in [-0.2, 0) is 33.5 Å². The Hall–Kier alpha value is -3.05. The van der Waals surface area contributed by atoms with Gasteiger partial charge in [-0.05, 0) is 38.5 Å². The van der Waals surface area contributed by atoms with E-state index >= 15 is 0 Å². The molecule has 1 N–H and O–H groups in total. The zero-order chi connectivity index (χ0) is 24.9. The van der Waals surface area contributed by atoms with E-state index in [1.54, 1.807) is 13.8 Å². The molecule has 1 saturated heterocycles. The third kappa shape index (κ3) is 7.22. The highest BCUT2D eigenvalue weighted by molar-refractivity contribution is 6.01. The maximum atomic E-state index is 12.6. The van der Waals surface area contributed by atoms with Gasteiger partial charge in [-0.15, -0.1) is 0 Å². The van der Waals surface area contributed by atoms with Gasteiger partial charge in [-0.2, -0.15) is 10.2 Å². The monoisotopic (exact) mass is 480 g/mol. The maximum Gasteiger partial charge on any atom is 0.537 e. The van der Waals surface area contributed by atoms with Crippen LogP contribution in [0.1, 0.15) is 72.1 Å². The predicted molar refractivity (Wildman–Crippen MR) is 114 cm³/mol. The number of hydrogen-bond acceptors (Lipinski definition) is 10. The van der Waals surface area contributed by atoms with Gasteiger partial charge in [0.1, 0.15) is 0 Å². The molecule has 3 aliphatic rings. The van der Waals surface area contributed by atoms with Gasteiger partial charge in [0.25, 0.3) is 18.1 Å². The van der Waals surface area contributed by atoms with Gasteiger partial charge in [0.05, 0.1) is 5.92 Å². The quantitative estimate of drug-likeness (QED) is 0.284. The number of esters is 1. The topological polar surface area (TPSA) is 153 Å². The first kappa shape index (κ1) is 25.6. The van der Waals surface area contributed by atoms with Gasteiger partial charge >= 0.3 is 12.1 Å². The minimum Gasteiger partial charge on any atom is -0.424 e. The summed E-state index contributed by atoms with van der Waals surface area (Å²) in [5, 5.41) is 11.1. The van der Waals surface area contributed by atoms with Crippen molar-refractivity contribution in [1.29, 1.82) is 0 Å². The van der Waals surface area contributed by atoms with Crippen molar-refractivity contribution in [3.05, 3.63) is 0 Å². The van der Waals surface area contributed by atoms with Gasteiger partial charge in [-0.1, -0.05) is 18.9 Å². The molecule has 2 heterocycles. The lowest BCUT2D eigenvalue weighted by Gasteiger charge is -2.29. The summed E-state index contributed by atoms with van der Waals surface area (Å²) in [7, 11) is 0. The zero-order valence-electron chi connectivity index (χ0n) is 19.8. The van der Waals surface area contributed by atoms with Gasteiger partial charge in [-0.3, -0.25) is 24.0 Å². The summed E-state index contributed by atoms with van der Waals surface area (Å²) < 4.78 is 10.5. The number of carbonyl (C=O) groups is 5. The second-order valence-corrected chi connectivity index (χ2v) is 9.53. The third-order valence-electron chi connectivity index (χ3n) is 6.20. The Kier molecular flexibility index (Phi) is 8.21. The molecule has 0 aromatic carbocycles. The smallest absolute Gasteiger partial charge is 0.424 e. The van der Waals surface area contributed by atoms with Crippen LogP contribution in [0.25, 0.3) is 0 Å². The highest BCUT2D eigenvalue weighted by Gasteiger charge is 2.36. The Balaban J connectivity index is 1.37. The van der Waals surface area contributed by atoms with Gasteiger partial charge in [-0.25, -0.2) is 4.79 Å². The lowest BCUT2D eigenvalue weighted by molar-refractivity contribution is -0.202. The number of amides is 3. The van der Waals surface area contributed by atoms with E-state index < -0.39 is 30.2 Å². The van der Waals surface area contributed by atoms with E-state index in [1.807, 2.05) is 6.92 Å². The number of hydroxylamine groups is 2. The summed E-state index contributed by atoms with van der Waals surface area (Å²) in [5.74, 6) is -2.19. The van der Waals surface area contributed by atoms with Gasteiger partial charge in [0.15, 0.2) is 5.66 Å². The lowest BCUT2D eigenvalue weighted by Crippen LogP contribution is -2.37. The molecule has 34 heavy (non-hydrogen) atoms. The number of carbonyl (C=O) groups excluding carboxylic acids is 5. The Morgan fingerprint density at radius 1 is 1.06 bits per heavy atom. The second kappa shape index (κ2) is 10.9. The first-order valence-electron chi connectivity index (χ1n) is 11.7. The Bertz CT molecular complexity index is 828. The SMILES string of the molecule is CC(C)C(OC(=O)ON1C(=O)CCC1=O)OC(=O)C1CCC(CNC(=O)CCC2(C)N=N2)CC1. The fourth-order valence-corrected chi connectivity index (χ4v) is 3.84. The van der Waals surface area contributed by atoms with Crippen LogP contribution in [0.5, 0.6) is 0 Å². The Labute approximate surface area is 197 Å². The van der Waals surface area contributed by atoms with Crippen LogP contribution < -0.4 is 5.32 Å². The van der Waals surface area contributed by atoms with Crippen molar-refractivity contribution in [2.45, 2.75) is 84.1 Å². The number of rotatable bonds is 10. The number of imide groups is 1. The fourth-order valence-electron chi connectivity index (χ4n) is 3.84. The van der Waals surface area contributed by atoms with Crippen molar-refractivity contribution in [2.24, 2.45) is 28.0 Å². The van der Waals surface area contributed by atoms with Crippen LogP contribution in [0, 0.1) is 17.8 Å². The van der Waals surface area contributed by atoms with Gasteiger partial charge in [0, 0.05) is 38.1 Å². The van der Waals surface area contributed by atoms with Crippen molar-refractivity contribution >= 4 is 29.8 Å². The number of ether oxygens (including phenoxy) is 2. The van der Waals surface area contributed by atoms with Crippen molar-refractivity contribution in [3.8, 4) is 0 Å². The van der Waals surface area contributed by atoms with E-state index in [0.717, 1.165) is 12.8 Å². The summed E-state index contributed by atoms with van der Waals surface area (Å²) in [4.78, 5) is 64.5. The first-order valence-corrected chi connectivity index (χ1v) is 11.7. The van der Waals surface area contributed by atoms with Crippen LogP contribution >= 0.6 is 0 Å². The normalized spacial score (nSPS) is 24.1. The van der Waals surface area contributed by atoms with E-state index in [2.05, 4.69) is 20.4 Å². The fraction of sp³-hybridized carbons (Fsp3) is 0.773. The third-order valence-corrected chi connectivity index (χ3v) is 6.20. The molecule has 0 bridgehead atoms. The molecule has 3 rings (SSSR count). The molecule has 2 aliphatic heterocycles. The van der Waals surface area contributed by atoms with Crippen LogP contribution in [0.3, 0.4) is 0 Å². The molecule has 3 amide bonds. The summed E-state index contributed by atoms with van der Waals surface area (Å²) in [6.07, 6.45) is 1.14. The standard InChI is InChI=1S/C22H32N4O8/c1-13(2)20(33-21(31)34-26-17(28)8-9-18(26)29)32-19(30)15-6-4-14(5-7-15)12-23-16(27)10-11-22(3)24-25-22/h13-15,20H,4-12H2,1-3H3,(H,23,27). The lowest BCUT2D eigenvalue weighted by atomic mass is 9.82. The van der Waals surface area contributed by atoms with Crippen molar-refractivity contribution in [2.75, 3.05) is 6.54 Å². The summed E-state index contributed by atoms with van der Waals surface area (Å²) in [6, 6.07) is 0. The molecule has 1 unspecified atom stereocenters. The molecule has 1 saturated carbocycles. The molecular weight excluding hydrogens is 448 g/mol. The highest BCUT2D eigenvalue weighted by Crippen LogP contribution is 2.32. The first-order chi connectivity index (χ1) is 16.1. The number of nitrogens with one attached hydrogen (secondary N) is 1. The molecular formula is C22H32N4O8. The molecule has 1 aliphatic carbocycles. The molecule has 12 nitrogen and oxygen atoms in total. The van der Waals surface area contributed by atoms with Crippen LogP contribution in [0.4, 0.5) is 4.79 Å². The molecule has 0 aromatic rings. The van der Waals surface area contributed by atoms with Crippen LogP contribution in [0.2, 0.25) is 0 Å². The minimum atomic E-state index is -1.28. The molecule has 0 radical (unpaired) electrons. The van der Waals surface area contributed by atoms with Crippen molar-refractivity contribution in [3.63, 3.8) is 0 Å². The molecule has 1 atom stereocenters. The molecule has 12 heteroatoms. The minimum absolute atomic E-state index is 0.0267. The average molecular weight is 481 g/mol. The van der Waals surface area contributed by atoms with E-state index in [-0.39, 0.29) is 42.2 Å². The summed E-state index contributed by atoms with van der Waals surface area (Å²) in [5.41, 5.74) is -0.382. The van der Waals surface area contributed by atoms with E-state index in [0.29, 0.717) is 37.3 Å². The number of nitrogens with zero attached hydrogens (tertiary/aromatic N) is 3.